The van der Waals surface area contributed by atoms with Gasteiger partial charge in [-0.1, -0.05) is 6.42 Å². The summed E-state index contributed by atoms with van der Waals surface area (Å²) in [5.74, 6) is 0.747. The van der Waals surface area contributed by atoms with E-state index in [4.69, 9.17) is 4.74 Å². The third kappa shape index (κ3) is 6.31. The lowest BCUT2D eigenvalue weighted by atomic mass is 10.1. The summed E-state index contributed by atoms with van der Waals surface area (Å²) in [6.07, 6.45) is 7.98. The molecule has 0 aliphatic carbocycles. The van der Waals surface area contributed by atoms with Crippen molar-refractivity contribution in [3.63, 3.8) is 0 Å². The second-order valence-corrected chi connectivity index (χ2v) is 6.74. The van der Waals surface area contributed by atoms with E-state index < -0.39 is 0 Å². The molecule has 0 spiro atoms. The van der Waals surface area contributed by atoms with Crippen molar-refractivity contribution in [2.75, 3.05) is 26.7 Å². The minimum Gasteiger partial charge on any atom is -0.496 e. The standard InChI is InChI=1S/C17H24BrN3O2/c1-23-16-8-7-14(11-15(16)18)12-19-20-17(22)13-21-9-5-3-2-4-6-10-21/h7-8,11-12H,2-6,9-10,13H2,1H3,(H,20,22)/p+1/b19-12-. The van der Waals surface area contributed by atoms with Gasteiger partial charge in [-0.15, -0.1) is 0 Å². The van der Waals surface area contributed by atoms with Crippen LogP contribution in [0.15, 0.2) is 27.8 Å². The van der Waals surface area contributed by atoms with Crippen LogP contribution in [0.25, 0.3) is 0 Å². The number of ether oxygens (including phenoxy) is 1. The summed E-state index contributed by atoms with van der Waals surface area (Å²) in [6.45, 7) is 2.68. The molecule has 1 aromatic rings. The molecule has 0 aromatic heterocycles. The molecule has 23 heavy (non-hydrogen) atoms. The SMILES string of the molecule is COc1ccc(/C=N\NC(=O)C[NH+]2CCCCCCC2)cc1Br. The molecule has 2 N–H and O–H groups in total. The number of nitrogens with zero attached hydrogens (tertiary/aromatic N) is 1. The number of carbonyl (C=O) groups excluding carboxylic acids is 1. The lowest BCUT2D eigenvalue weighted by Gasteiger charge is -2.20. The minimum atomic E-state index is -0.0237. The largest absolute Gasteiger partial charge is 0.496 e. The molecule has 1 saturated heterocycles. The molecule has 1 amide bonds. The van der Waals surface area contributed by atoms with Crippen LogP contribution < -0.4 is 15.1 Å². The lowest BCUT2D eigenvalue weighted by Crippen LogP contribution is -3.13. The minimum absolute atomic E-state index is 0.0237. The van der Waals surface area contributed by atoms with E-state index in [1.54, 1.807) is 13.3 Å². The van der Waals surface area contributed by atoms with Crippen molar-refractivity contribution in [3.05, 3.63) is 28.2 Å². The summed E-state index contributed by atoms with van der Waals surface area (Å²) in [5, 5.41) is 4.05. The summed E-state index contributed by atoms with van der Waals surface area (Å²) in [7, 11) is 1.63. The van der Waals surface area contributed by atoms with E-state index >= 15 is 0 Å². The highest BCUT2D eigenvalue weighted by Gasteiger charge is 2.14. The van der Waals surface area contributed by atoms with Gasteiger partial charge < -0.3 is 9.64 Å². The van der Waals surface area contributed by atoms with Crippen molar-refractivity contribution < 1.29 is 14.4 Å². The van der Waals surface area contributed by atoms with Crippen LogP contribution in [0.4, 0.5) is 0 Å². The first-order valence-corrected chi connectivity index (χ1v) is 8.97. The Morgan fingerprint density at radius 3 is 2.65 bits per heavy atom. The van der Waals surface area contributed by atoms with Gasteiger partial charge in [-0.05, 0) is 65.4 Å². The number of hydrazone groups is 1. The predicted octanol–water partition coefficient (Wildman–Crippen LogP) is 1.76. The Morgan fingerprint density at radius 1 is 1.30 bits per heavy atom. The molecule has 2 rings (SSSR count). The first kappa shape index (κ1) is 17.9. The molecule has 0 radical (unpaired) electrons. The van der Waals surface area contributed by atoms with Gasteiger partial charge in [0.2, 0.25) is 0 Å². The highest BCUT2D eigenvalue weighted by atomic mass is 79.9. The predicted molar refractivity (Wildman–Crippen MR) is 95.1 cm³/mol. The number of benzene rings is 1. The van der Waals surface area contributed by atoms with E-state index in [9.17, 15) is 4.79 Å². The fourth-order valence-electron chi connectivity index (χ4n) is 2.79. The number of hydrogen-bond donors (Lipinski definition) is 2. The van der Waals surface area contributed by atoms with Crippen molar-refractivity contribution in [1.82, 2.24) is 5.43 Å². The molecule has 1 fully saturated rings. The quantitative estimate of drug-likeness (QED) is 0.602. The molecule has 5 nitrogen and oxygen atoms in total. The van der Waals surface area contributed by atoms with Crippen LogP contribution in [0.3, 0.4) is 0 Å². The van der Waals surface area contributed by atoms with E-state index in [1.807, 2.05) is 18.2 Å². The van der Waals surface area contributed by atoms with E-state index in [2.05, 4.69) is 26.5 Å². The number of nitrogens with one attached hydrogen (secondary N) is 2. The number of hydrogen-bond acceptors (Lipinski definition) is 3. The highest BCUT2D eigenvalue weighted by molar-refractivity contribution is 9.10. The van der Waals surface area contributed by atoms with Crippen LogP contribution in [0.2, 0.25) is 0 Å². The molecular weight excluding hydrogens is 358 g/mol. The van der Waals surface area contributed by atoms with E-state index in [-0.39, 0.29) is 5.91 Å². The van der Waals surface area contributed by atoms with Gasteiger partial charge in [-0.25, -0.2) is 5.43 Å². The van der Waals surface area contributed by atoms with Crippen molar-refractivity contribution in [3.8, 4) is 5.75 Å². The number of halogens is 1. The van der Waals surface area contributed by atoms with Gasteiger partial charge in [0.1, 0.15) is 5.75 Å². The van der Waals surface area contributed by atoms with Crippen LogP contribution in [0.5, 0.6) is 5.75 Å². The van der Waals surface area contributed by atoms with Crippen LogP contribution >= 0.6 is 15.9 Å². The van der Waals surface area contributed by atoms with Crippen molar-refractivity contribution in [2.45, 2.75) is 32.1 Å². The third-order valence-electron chi connectivity index (χ3n) is 4.05. The van der Waals surface area contributed by atoms with Crippen molar-refractivity contribution in [2.24, 2.45) is 5.10 Å². The second kappa shape index (κ2) is 9.67. The smallest absolute Gasteiger partial charge is 0.295 e. The Labute approximate surface area is 146 Å². The Balaban J connectivity index is 1.79. The number of carbonyl (C=O) groups is 1. The molecular formula is C17H25BrN3O2+. The summed E-state index contributed by atoms with van der Waals surface area (Å²) < 4.78 is 6.04. The zero-order valence-corrected chi connectivity index (χ0v) is 15.2. The molecule has 0 unspecified atom stereocenters. The van der Waals surface area contributed by atoms with Gasteiger partial charge in [-0.3, -0.25) is 4.79 Å². The molecule has 6 heteroatoms. The zero-order valence-electron chi connectivity index (χ0n) is 13.6. The fourth-order valence-corrected chi connectivity index (χ4v) is 3.35. The van der Waals surface area contributed by atoms with Gasteiger partial charge in [0.05, 0.1) is 30.9 Å². The van der Waals surface area contributed by atoms with Crippen LogP contribution in [0, 0.1) is 0 Å². The fraction of sp³-hybridized carbons (Fsp3) is 0.529. The van der Waals surface area contributed by atoms with Gasteiger partial charge in [0.15, 0.2) is 6.54 Å². The molecule has 1 aliphatic rings. The molecule has 0 atom stereocenters. The molecule has 0 bridgehead atoms. The maximum Gasteiger partial charge on any atom is 0.295 e. The van der Waals surface area contributed by atoms with E-state index in [0.29, 0.717) is 6.54 Å². The van der Waals surface area contributed by atoms with Crippen LogP contribution in [0.1, 0.15) is 37.7 Å². The lowest BCUT2D eigenvalue weighted by molar-refractivity contribution is -0.893. The average molecular weight is 383 g/mol. The summed E-state index contributed by atoms with van der Waals surface area (Å²) in [4.78, 5) is 13.4. The normalized spacial score (nSPS) is 16.8. The highest BCUT2D eigenvalue weighted by Crippen LogP contribution is 2.24. The Morgan fingerprint density at radius 2 is 2.00 bits per heavy atom. The first-order valence-electron chi connectivity index (χ1n) is 8.18. The summed E-state index contributed by atoms with van der Waals surface area (Å²) in [5.41, 5.74) is 3.53. The van der Waals surface area contributed by atoms with E-state index in [0.717, 1.165) is 28.9 Å². The van der Waals surface area contributed by atoms with Gasteiger partial charge >= 0.3 is 0 Å². The monoisotopic (exact) mass is 382 g/mol. The zero-order chi connectivity index (χ0) is 16.5. The third-order valence-corrected chi connectivity index (χ3v) is 4.67. The van der Waals surface area contributed by atoms with Crippen LogP contribution in [-0.2, 0) is 4.79 Å². The maximum absolute atomic E-state index is 12.0. The Hall–Kier alpha value is -1.40. The molecule has 1 heterocycles. The number of methoxy groups -OCH3 is 1. The Bertz CT molecular complexity index is 541. The number of rotatable bonds is 5. The second-order valence-electron chi connectivity index (χ2n) is 5.88. The van der Waals surface area contributed by atoms with Crippen LogP contribution in [-0.4, -0.2) is 38.9 Å². The number of quaternary nitrogens is 1. The van der Waals surface area contributed by atoms with Gasteiger partial charge in [0, 0.05) is 0 Å². The number of amides is 1. The molecule has 126 valence electrons. The van der Waals surface area contributed by atoms with Gasteiger partial charge in [-0.2, -0.15) is 5.10 Å². The van der Waals surface area contributed by atoms with Crippen molar-refractivity contribution >= 4 is 28.1 Å². The summed E-state index contributed by atoms with van der Waals surface area (Å²) >= 11 is 3.43. The number of likely N-dealkylation sites (tertiary alicyclic amines) is 1. The molecule has 1 aromatic carbocycles. The maximum atomic E-state index is 12.0. The topological polar surface area (TPSA) is 55.1 Å². The van der Waals surface area contributed by atoms with Crippen molar-refractivity contribution in [1.29, 1.82) is 0 Å². The molecule has 0 saturated carbocycles. The summed E-state index contributed by atoms with van der Waals surface area (Å²) in [6, 6.07) is 5.65. The Kier molecular flexibility index (Phi) is 7.55. The van der Waals surface area contributed by atoms with Gasteiger partial charge in [0.25, 0.3) is 5.91 Å². The van der Waals surface area contributed by atoms with E-state index in [1.165, 1.54) is 37.0 Å². The molecule has 1 aliphatic heterocycles. The first-order chi connectivity index (χ1) is 11.2. The average Bonchev–Trinajstić information content (AvgIpc) is 2.50.